The summed E-state index contributed by atoms with van der Waals surface area (Å²) in [4.78, 5) is 2.35. The van der Waals surface area contributed by atoms with Crippen LogP contribution in [-0.2, 0) is 0 Å². The Balaban J connectivity index is 2.26. The molecule has 0 bridgehead atoms. The van der Waals surface area contributed by atoms with Crippen LogP contribution < -0.4 is 0 Å². The van der Waals surface area contributed by atoms with E-state index in [1.54, 1.807) is 0 Å². The van der Waals surface area contributed by atoms with E-state index in [0.717, 1.165) is 0 Å². The van der Waals surface area contributed by atoms with Crippen LogP contribution in [0.1, 0.15) is 19.8 Å². The molecule has 0 spiro atoms. The minimum Gasteiger partial charge on any atom is -0.378 e. The van der Waals surface area contributed by atoms with Gasteiger partial charge in [0.15, 0.2) is 0 Å². The summed E-state index contributed by atoms with van der Waals surface area (Å²) in [6, 6.07) is 0. The topological polar surface area (TPSA) is 3.24 Å². The smallest absolute Gasteiger partial charge is 0.0182 e. The fourth-order valence-electron chi connectivity index (χ4n) is 1.25. The molecule has 2 heteroatoms. The molecule has 0 N–H and O–H groups in total. The molecule has 0 aromatic heterocycles. The van der Waals surface area contributed by atoms with Gasteiger partial charge in [-0.05, 0) is 26.0 Å². The zero-order valence-electron chi connectivity index (χ0n) is 6.45. The molecule has 1 rings (SSSR count). The second-order valence-electron chi connectivity index (χ2n) is 2.75. The maximum absolute atomic E-state index is 4.42. The molecule has 1 aliphatic heterocycles. The van der Waals surface area contributed by atoms with Gasteiger partial charge >= 0.3 is 0 Å². The summed E-state index contributed by atoms with van der Waals surface area (Å²) in [5.74, 6) is 0. The van der Waals surface area contributed by atoms with Crippen molar-refractivity contribution in [3.63, 3.8) is 0 Å². The van der Waals surface area contributed by atoms with E-state index in [1.165, 1.54) is 25.9 Å². The maximum atomic E-state index is 4.42. The molecular weight excluding hydrogens is 142 g/mol. The molecule has 0 aromatic rings. The molecule has 0 radical (unpaired) electrons. The van der Waals surface area contributed by atoms with E-state index < -0.39 is 0 Å². The SMILES string of the molecule is CC=CN1CCC(S)CC1. The normalized spacial score (nSPS) is 22.4. The number of hydrogen-bond acceptors (Lipinski definition) is 2. The Bertz CT molecular complexity index is 114. The Kier molecular flexibility index (Phi) is 3.13. The van der Waals surface area contributed by atoms with Gasteiger partial charge in [0.1, 0.15) is 0 Å². The highest BCUT2D eigenvalue weighted by Crippen LogP contribution is 2.14. The van der Waals surface area contributed by atoms with Crippen molar-refractivity contribution in [1.29, 1.82) is 0 Å². The summed E-state index contributed by atoms with van der Waals surface area (Å²) in [5.41, 5.74) is 0. The molecular formula is C8H15NS. The van der Waals surface area contributed by atoms with Gasteiger partial charge in [-0.15, -0.1) is 0 Å². The quantitative estimate of drug-likeness (QED) is 0.569. The Morgan fingerprint density at radius 3 is 2.50 bits per heavy atom. The van der Waals surface area contributed by atoms with Crippen molar-refractivity contribution in [3.05, 3.63) is 12.3 Å². The summed E-state index contributed by atoms with van der Waals surface area (Å²) < 4.78 is 0. The average Bonchev–Trinajstić information content (AvgIpc) is 1.95. The van der Waals surface area contributed by atoms with E-state index in [2.05, 4.69) is 36.7 Å². The van der Waals surface area contributed by atoms with E-state index in [-0.39, 0.29) is 0 Å². The first-order valence-electron chi connectivity index (χ1n) is 3.88. The monoisotopic (exact) mass is 157 g/mol. The van der Waals surface area contributed by atoms with Crippen LogP contribution in [0.15, 0.2) is 12.3 Å². The van der Waals surface area contributed by atoms with E-state index in [9.17, 15) is 0 Å². The summed E-state index contributed by atoms with van der Waals surface area (Å²) in [6.07, 6.45) is 6.72. The standard InChI is InChI=1S/C8H15NS/c1-2-5-9-6-3-8(10)4-7-9/h2,5,8,10H,3-4,6-7H2,1H3. The Morgan fingerprint density at radius 1 is 1.40 bits per heavy atom. The largest absolute Gasteiger partial charge is 0.378 e. The predicted octanol–water partition coefficient (Wildman–Crippen LogP) is 1.91. The molecule has 1 fully saturated rings. The van der Waals surface area contributed by atoms with Crippen molar-refractivity contribution in [1.82, 2.24) is 4.90 Å². The van der Waals surface area contributed by atoms with Crippen LogP contribution in [0.2, 0.25) is 0 Å². The molecule has 0 saturated carbocycles. The van der Waals surface area contributed by atoms with Crippen LogP contribution in [0.4, 0.5) is 0 Å². The van der Waals surface area contributed by atoms with E-state index >= 15 is 0 Å². The van der Waals surface area contributed by atoms with Gasteiger partial charge in [0, 0.05) is 18.3 Å². The van der Waals surface area contributed by atoms with Gasteiger partial charge in [-0.25, -0.2) is 0 Å². The third-order valence-electron chi connectivity index (χ3n) is 1.86. The van der Waals surface area contributed by atoms with Gasteiger partial charge < -0.3 is 4.90 Å². The zero-order valence-corrected chi connectivity index (χ0v) is 7.35. The molecule has 1 heterocycles. The fourth-order valence-corrected chi connectivity index (χ4v) is 1.48. The summed E-state index contributed by atoms with van der Waals surface area (Å²) in [6.45, 7) is 4.42. The number of nitrogens with zero attached hydrogens (tertiary/aromatic N) is 1. The second-order valence-corrected chi connectivity index (χ2v) is 3.48. The summed E-state index contributed by atoms with van der Waals surface area (Å²) in [7, 11) is 0. The molecule has 0 atom stereocenters. The number of piperidine rings is 1. The first-order valence-corrected chi connectivity index (χ1v) is 4.39. The predicted molar refractivity (Wildman–Crippen MR) is 48.4 cm³/mol. The first kappa shape index (κ1) is 7.99. The number of likely N-dealkylation sites (tertiary alicyclic amines) is 1. The third-order valence-corrected chi connectivity index (χ3v) is 2.38. The molecule has 0 amide bonds. The van der Waals surface area contributed by atoms with Gasteiger partial charge in [-0.2, -0.15) is 12.6 Å². The number of hydrogen-bond donors (Lipinski definition) is 1. The highest BCUT2D eigenvalue weighted by Gasteiger charge is 2.12. The minimum atomic E-state index is 0.640. The Morgan fingerprint density at radius 2 is 2.00 bits per heavy atom. The summed E-state index contributed by atoms with van der Waals surface area (Å²) in [5, 5.41) is 0.640. The van der Waals surface area contributed by atoms with Crippen molar-refractivity contribution in [2.24, 2.45) is 0 Å². The van der Waals surface area contributed by atoms with Crippen LogP contribution in [0.5, 0.6) is 0 Å². The zero-order chi connectivity index (χ0) is 7.40. The van der Waals surface area contributed by atoms with Gasteiger partial charge in [0.05, 0.1) is 0 Å². The van der Waals surface area contributed by atoms with Gasteiger partial charge in [0.25, 0.3) is 0 Å². The van der Waals surface area contributed by atoms with Crippen LogP contribution in [0.3, 0.4) is 0 Å². The molecule has 10 heavy (non-hydrogen) atoms. The molecule has 0 aliphatic carbocycles. The molecule has 0 aromatic carbocycles. The minimum absolute atomic E-state index is 0.640. The van der Waals surface area contributed by atoms with Gasteiger partial charge in [0.2, 0.25) is 0 Å². The van der Waals surface area contributed by atoms with E-state index in [1.807, 2.05) is 0 Å². The molecule has 58 valence electrons. The lowest BCUT2D eigenvalue weighted by Gasteiger charge is -2.28. The number of rotatable bonds is 1. The first-order chi connectivity index (χ1) is 4.83. The van der Waals surface area contributed by atoms with Crippen molar-refractivity contribution >= 4 is 12.6 Å². The average molecular weight is 157 g/mol. The van der Waals surface area contributed by atoms with Crippen molar-refractivity contribution in [2.75, 3.05) is 13.1 Å². The molecule has 1 aliphatic rings. The van der Waals surface area contributed by atoms with Gasteiger partial charge in [-0.1, -0.05) is 6.08 Å². The van der Waals surface area contributed by atoms with Crippen LogP contribution in [0, 0.1) is 0 Å². The molecule has 0 unspecified atom stereocenters. The highest BCUT2D eigenvalue weighted by atomic mass is 32.1. The fraction of sp³-hybridized carbons (Fsp3) is 0.750. The van der Waals surface area contributed by atoms with E-state index in [4.69, 9.17) is 0 Å². The lowest BCUT2D eigenvalue weighted by atomic mass is 10.1. The van der Waals surface area contributed by atoms with Crippen molar-refractivity contribution in [3.8, 4) is 0 Å². The Labute approximate surface area is 68.5 Å². The van der Waals surface area contributed by atoms with Crippen molar-refractivity contribution < 1.29 is 0 Å². The van der Waals surface area contributed by atoms with Crippen LogP contribution >= 0.6 is 12.6 Å². The number of allylic oxidation sites excluding steroid dienone is 1. The van der Waals surface area contributed by atoms with Crippen molar-refractivity contribution in [2.45, 2.75) is 25.0 Å². The van der Waals surface area contributed by atoms with Crippen LogP contribution in [0.25, 0.3) is 0 Å². The summed E-state index contributed by atoms with van der Waals surface area (Å²) >= 11 is 4.42. The lowest BCUT2D eigenvalue weighted by molar-refractivity contribution is 0.315. The lowest BCUT2D eigenvalue weighted by Crippen LogP contribution is -2.29. The highest BCUT2D eigenvalue weighted by molar-refractivity contribution is 7.80. The second kappa shape index (κ2) is 3.91. The van der Waals surface area contributed by atoms with Crippen LogP contribution in [-0.4, -0.2) is 23.2 Å². The maximum Gasteiger partial charge on any atom is 0.0182 e. The van der Waals surface area contributed by atoms with E-state index in [0.29, 0.717) is 5.25 Å². The Hall–Kier alpha value is -0.110. The number of thiol groups is 1. The third kappa shape index (κ3) is 2.25. The molecule has 1 saturated heterocycles. The molecule has 1 nitrogen and oxygen atoms in total. The van der Waals surface area contributed by atoms with Gasteiger partial charge in [-0.3, -0.25) is 0 Å².